The van der Waals surface area contributed by atoms with Crippen molar-refractivity contribution >= 4 is 31.1 Å². The minimum atomic E-state index is -6.85. The number of hydrogen-bond acceptors (Lipinski definition) is 7. The molecule has 0 radical (unpaired) electrons. The summed E-state index contributed by atoms with van der Waals surface area (Å²) in [7, 11) is -13.7. The van der Waals surface area contributed by atoms with Crippen molar-refractivity contribution in [2.45, 2.75) is 17.9 Å². The van der Waals surface area contributed by atoms with Gasteiger partial charge in [0.25, 0.3) is 0 Å². The largest absolute Gasteiger partial charge is 0.524 e. The molecule has 15 heteroatoms. The lowest BCUT2D eigenvalue weighted by Gasteiger charge is -2.09. The lowest BCUT2D eigenvalue weighted by Crippen LogP contribution is -2.34. The third kappa shape index (κ3) is 5.67. The molecule has 0 atom stereocenters. The van der Waals surface area contributed by atoms with E-state index >= 15 is 0 Å². The molecule has 0 aliphatic heterocycles. The Labute approximate surface area is 148 Å². The fraction of sp³-hybridized carbons (Fsp3) is 0.250. The third-order valence-electron chi connectivity index (χ3n) is 2.59. The number of aryl methyl sites for hydroxylation is 1. The normalized spacial score (nSPS) is 13.1. The van der Waals surface area contributed by atoms with Crippen LogP contribution >= 0.6 is 0 Å². The van der Waals surface area contributed by atoms with Gasteiger partial charge in [-0.15, -0.1) is 3.63 Å². The maximum atomic E-state index is 11.4. The maximum absolute atomic E-state index is 11.4. The number of nitrogens with zero attached hydrogens (tertiary/aromatic N) is 1. The number of phenolic OH excluding ortho intramolecular Hbond substituents is 1. The van der Waals surface area contributed by atoms with E-state index in [1.807, 2.05) is 28.8 Å². The smallest absolute Gasteiger partial charge is 0.507 e. The van der Waals surface area contributed by atoms with E-state index in [-0.39, 0.29) is 0 Å². The average Bonchev–Trinajstić information content (AvgIpc) is 2.44. The second-order valence-electron chi connectivity index (χ2n) is 4.66. The fourth-order valence-electron chi connectivity index (χ4n) is 1.44. The summed E-state index contributed by atoms with van der Waals surface area (Å²) in [6, 6.07) is 9.13. The van der Waals surface area contributed by atoms with Gasteiger partial charge in [-0.2, -0.15) is 43.2 Å². The predicted octanol–water partition coefficient (Wildman–Crippen LogP) is 2.95. The highest BCUT2D eigenvalue weighted by Crippen LogP contribution is 2.32. The number of halogens is 6. The zero-order valence-corrected chi connectivity index (χ0v) is 14.5. The predicted molar refractivity (Wildman–Crippen MR) is 79.2 cm³/mol. The van der Waals surface area contributed by atoms with Crippen molar-refractivity contribution in [3.8, 4) is 5.75 Å². The van der Waals surface area contributed by atoms with Crippen LogP contribution in [0.5, 0.6) is 5.75 Å². The standard InChI is InChI=1S/C10H9NO.C2F6O5S2/c1-7-5-6-8-9(11-7)3-2-4-10(8)12;3-1(4,5)14(9,10)13-15(11,12)2(6,7)8/h2-6,12H,1H3;. The molecule has 0 saturated heterocycles. The van der Waals surface area contributed by atoms with Crippen molar-refractivity contribution in [1.29, 1.82) is 0 Å². The molecule has 1 aromatic heterocycles. The Kier molecular flexibility index (Phi) is 6.34. The van der Waals surface area contributed by atoms with Gasteiger partial charge in [-0.1, -0.05) is 6.07 Å². The van der Waals surface area contributed by atoms with Gasteiger partial charge in [0.1, 0.15) is 5.75 Å². The van der Waals surface area contributed by atoms with Gasteiger partial charge >= 0.3 is 31.3 Å². The number of rotatable bonds is 2. The van der Waals surface area contributed by atoms with Crippen LogP contribution in [0.15, 0.2) is 30.3 Å². The Morgan fingerprint density at radius 2 is 1.37 bits per heavy atom. The number of hydrogen-bond donors (Lipinski definition) is 1. The Hall–Kier alpha value is -2.13. The summed E-state index contributed by atoms with van der Waals surface area (Å²) in [4.78, 5) is 4.28. The van der Waals surface area contributed by atoms with Crippen LogP contribution in [0, 0.1) is 6.92 Å². The number of pyridine rings is 1. The van der Waals surface area contributed by atoms with E-state index < -0.39 is 31.3 Å². The van der Waals surface area contributed by atoms with Gasteiger partial charge in [0.15, 0.2) is 0 Å². The number of fused-ring (bicyclic) bond motifs is 1. The summed E-state index contributed by atoms with van der Waals surface area (Å²) < 4.78 is 110. The first-order chi connectivity index (χ1) is 12.0. The number of phenols is 1. The van der Waals surface area contributed by atoms with Crippen LogP contribution in [0.4, 0.5) is 26.3 Å². The summed E-state index contributed by atoms with van der Waals surface area (Å²) in [5, 5.41) is 10.2. The van der Waals surface area contributed by atoms with Gasteiger partial charge in [0, 0.05) is 11.1 Å². The highest BCUT2D eigenvalue weighted by atomic mass is 32.3. The summed E-state index contributed by atoms with van der Waals surface area (Å²) in [5.74, 6) is 0.292. The van der Waals surface area contributed by atoms with E-state index in [2.05, 4.69) is 4.98 Å². The van der Waals surface area contributed by atoms with Gasteiger partial charge in [0.2, 0.25) is 0 Å². The summed E-state index contributed by atoms with van der Waals surface area (Å²) in [6.45, 7) is 1.93. The van der Waals surface area contributed by atoms with Gasteiger partial charge < -0.3 is 5.11 Å². The highest BCUT2D eigenvalue weighted by molar-refractivity contribution is 8.00. The molecule has 7 nitrogen and oxygen atoms in total. The van der Waals surface area contributed by atoms with Crippen LogP contribution in [-0.4, -0.2) is 37.9 Å². The topological polar surface area (TPSA) is 111 Å². The molecule has 0 amide bonds. The Bertz CT molecular complexity index is 989. The zero-order chi connectivity index (χ0) is 21.3. The van der Waals surface area contributed by atoms with Gasteiger partial charge in [-0.25, -0.2) is 0 Å². The molecule has 0 saturated carbocycles. The zero-order valence-electron chi connectivity index (χ0n) is 12.9. The molecule has 1 aromatic carbocycles. The second kappa shape index (κ2) is 7.47. The number of benzene rings is 1. The summed E-state index contributed by atoms with van der Waals surface area (Å²) in [5.41, 5.74) is -10.7. The Morgan fingerprint density at radius 1 is 0.889 bits per heavy atom. The van der Waals surface area contributed by atoms with Crippen molar-refractivity contribution in [2.75, 3.05) is 0 Å². The number of aromatic hydroxyl groups is 1. The van der Waals surface area contributed by atoms with Crippen LogP contribution in [0.1, 0.15) is 5.69 Å². The molecule has 0 bridgehead atoms. The minimum absolute atomic E-state index is 0.292. The van der Waals surface area contributed by atoms with Crippen LogP contribution in [0.25, 0.3) is 10.9 Å². The summed E-state index contributed by atoms with van der Waals surface area (Å²) >= 11 is 0. The maximum Gasteiger partial charge on any atom is 0.524 e. The van der Waals surface area contributed by atoms with E-state index in [0.29, 0.717) is 5.75 Å². The molecule has 0 aliphatic carbocycles. The first-order valence-corrected chi connectivity index (χ1v) is 9.18. The Balaban J connectivity index is 0.000000274. The van der Waals surface area contributed by atoms with E-state index in [1.165, 1.54) is 0 Å². The molecule has 27 heavy (non-hydrogen) atoms. The van der Waals surface area contributed by atoms with Gasteiger partial charge in [-0.3, -0.25) is 4.98 Å². The van der Waals surface area contributed by atoms with E-state index in [9.17, 15) is 48.3 Å². The van der Waals surface area contributed by atoms with Crippen molar-refractivity contribution in [1.82, 2.24) is 4.98 Å². The van der Waals surface area contributed by atoms with Crippen molar-refractivity contribution < 1.29 is 51.9 Å². The molecule has 2 aromatic rings. The molecule has 1 N–H and O–H groups in total. The average molecular weight is 441 g/mol. The van der Waals surface area contributed by atoms with E-state index in [4.69, 9.17) is 0 Å². The van der Waals surface area contributed by atoms with Crippen molar-refractivity contribution in [3.05, 3.63) is 36.0 Å². The molecule has 152 valence electrons. The van der Waals surface area contributed by atoms with E-state index in [1.54, 1.807) is 12.1 Å². The fourth-order valence-corrected chi connectivity index (χ4v) is 3.00. The lowest BCUT2D eigenvalue weighted by molar-refractivity contribution is -0.0585. The Morgan fingerprint density at radius 3 is 1.81 bits per heavy atom. The SMILES string of the molecule is Cc1ccc2c(O)cccc2n1.O=S(=O)(OS(=O)(=O)C(F)(F)F)C(F)(F)F. The van der Waals surface area contributed by atoms with Crippen LogP contribution in [0.2, 0.25) is 0 Å². The highest BCUT2D eigenvalue weighted by Gasteiger charge is 2.57. The molecule has 0 aliphatic rings. The molecule has 1 heterocycles. The first kappa shape index (κ1) is 22.9. The number of aromatic nitrogens is 1. The van der Waals surface area contributed by atoms with Gasteiger partial charge in [0.05, 0.1) is 5.52 Å². The van der Waals surface area contributed by atoms with Crippen LogP contribution in [0.3, 0.4) is 0 Å². The minimum Gasteiger partial charge on any atom is -0.507 e. The monoisotopic (exact) mass is 441 g/mol. The lowest BCUT2D eigenvalue weighted by atomic mass is 10.2. The summed E-state index contributed by atoms with van der Waals surface area (Å²) in [6.07, 6.45) is 0. The van der Waals surface area contributed by atoms with E-state index in [0.717, 1.165) is 16.6 Å². The van der Waals surface area contributed by atoms with Crippen LogP contribution < -0.4 is 0 Å². The quantitative estimate of drug-likeness (QED) is 0.564. The van der Waals surface area contributed by atoms with Gasteiger partial charge in [-0.05, 0) is 31.2 Å². The molecule has 0 fully saturated rings. The molecule has 2 rings (SSSR count). The molecule has 0 unspecified atom stereocenters. The van der Waals surface area contributed by atoms with Crippen molar-refractivity contribution in [2.24, 2.45) is 0 Å². The first-order valence-electron chi connectivity index (χ1n) is 6.37. The molecular formula is C12H9F6NO6S2. The molecular weight excluding hydrogens is 432 g/mol. The van der Waals surface area contributed by atoms with Crippen molar-refractivity contribution in [3.63, 3.8) is 0 Å². The number of alkyl halides is 6. The van der Waals surface area contributed by atoms with Crippen LogP contribution in [-0.2, 0) is 23.9 Å². The second-order valence-corrected chi connectivity index (χ2v) is 7.95. The third-order valence-corrected chi connectivity index (χ3v) is 5.16. The molecule has 0 spiro atoms.